The van der Waals surface area contributed by atoms with Gasteiger partial charge in [-0.05, 0) is 32.6 Å². The summed E-state index contributed by atoms with van der Waals surface area (Å²) in [6.45, 7) is 12.5. The van der Waals surface area contributed by atoms with E-state index in [0.717, 1.165) is 11.6 Å². The Kier molecular flexibility index (Phi) is 6.50. The molecule has 1 heterocycles. The number of imidazole rings is 1. The average Bonchev–Trinajstić information content (AvgIpc) is 2.82. The number of carbonyl (C=O) groups excluding carboxylic acids is 1. The van der Waals surface area contributed by atoms with Gasteiger partial charge in [-0.1, -0.05) is 32.5 Å². The summed E-state index contributed by atoms with van der Waals surface area (Å²) in [6.07, 6.45) is 4.43. The average molecular weight is 327 g/mol. The molecule has 2 N–H and O–H groups in total. The lowest BCUT2D eigenvalue weighted by Gasteiger charge is -2.25. The van der Waals surface area contributed by atoms with Gasteiger partial charge in [0.2, 0.25) is 5.91 Å². The van der Waals surface area contributed by atoms with Gasteiger partial charge in [0.15, 0.2) is 5.16 Å². The van der Waals surface area contributed by atoms with E-state index in [1.807, 2.05) is 6.20 Å². The highest BCUT2D eigenvalue weighted by Crippen LogP contribution is 2.24. The van der Waals surface area contributed by atoms with Crippen LogP contribution in [0.3, 0.4) is 0 Å². The van der Waals surface area contributed by atoms with E-state index in [4.69, 9.17) is 0 Å². The Morgan fingerprint density at radius 3 is 2.50 bits per heavy atom. The molecule has 0 radical (unpaired) electrons. The second-order valence-electron chi connectivity index (χ2n) is 7.75. The zero-order valence-corrected chi connectivity index (χ0v) is 15.3. The zero-order chi connectivity index (χ0) is 17.0. The van der Waals surface area contributed by atoms with Crippen LogP contribution >= 0.6 is 11.8 Å². The molecule has 0 aliphatic carbocycles. The first kappa shape index (κ1) is 19.0. The van der Waals surface area contributed by atoms with Crippen LogP contribution in [0.5, 0.6) is 0 Å². The summed E-state index contributed by atoms with van der Waals surface area (Å²) in [6, 6.07) is -0.199. The van der Waals surface area contributed by atoms with Crippen molar-refractivity contribution >= 4 is 17.7 Å². The summed E-state index contributed by atoms with van der Waals surface area (Å²) in [5.41, 5.74) is 0.00544. The number of nitrogens with zero attached hydrogens (tertiary/aromatic N) is 2. The predicted molar refractivity (Wildman–Crippen MR) is 91.0 cm³/mol. The molecule has 1 unspecified atom stereocenters. The molecule has 1 rings (SSSR count). The first-order valence-electron chi connectivity index (χ1n) is 7.60. The minimum absolute atomic E-state index is 0.0374. The summed E-state index contributed by atoms with van der Waals surface area (Å²) in [7, 11) is 0. The van der Waals surface area contributed by atoms with Gasteiger partial charge >= 0.3 is 0 Å². The zero-order valence-electron chi connectivity index (χ0n) is 14.5. The van der Waals surface area contributed by atoms with Crippen molar-refractivity contribution in [1.29, 1.82) is 0 Å². The molecule has 0 fully saturated rings. The molecular weight excluding hydrogens is 298 g/mol. The Morgan fingerprint density at radius 1 is 1.36 bits per heavy atom. The summed E-state index contributed by atoms with van der Waals surface area (Å²) >= 11 is 1.42. The van der Waals surface area contributed by atoms with Crippen molar-refractivity contribution in [2.75, 3.05) is 12.4 Å². The maximum absolute atomic E-state index is 12.1. The highest BCUT2D eigenvalue weighted by Gasteiger charge is 2.21. The fourth-order valence-electron chi connectivity index (χ4n) is 2.21. The topological polar surface area (TPSA) is 67.2 Å². The van der Waals surface area contributed by atoms with Crippen LogP contribution in [0.2, 0.25) is 0 Å². The van der Waals surface area contributed by atoms with Crippen molar-refractivity contribution in [2.24, 2.45) is 5.41 Å². The lowest BCUT2D eigenvalue weighted by atomic mass is 9.88. The Labute approximate surface area is 137 Å². The molecule has 0 saturated heterocycles. The third kappa shape index (κ3) is 6.40. The minimum Gasteiger partial charge on any atom is -0.394 e. The van der Waals surface area contributed by atoms with E-state index in [-0.39, 0.29) is 29.5 Å². The first-order chi connectivity index (χ1) is 10.0. The molecule has 0 aliphatic heterocycles. The van der Waals surface area contributed by atoms with Gasteiger partial charge in [-0.2, -0.15) is 0 Å². The van der Waals surface area contributed by atoms with Crippen LogP contribution in [0.1, 0.15) is 48.0 Å². The maximum atomic E-state index is 12.1. The molecule has 1 aromatic rings. The second-order valence-corrected chi connectivity index (χ2v) is 8.69. The Balaban J connectivity index is 2.55. The van der Waals surface area contributed by atoms with Crippen molar-refractivity contribution in [1.82, 2.24) is 14.9 Å². The third-order valence-corrected chi connectivity index (χ3v) is 4.07. The van der Waals surface area contributed by atoms with Crippen molar-refractivity contribution in [2.45, 2.75) is 64.7 Å². The van der Waals surface area contributed by atoms with E-state index >= 15 is 0 Å². The lowest BCUT2D eigenvalue weighted by Crippen LogP contribution is -2.41. The molecule has 0 saturated carbocycles. The summed E-state index contributed by atoms with van der Waals surface area (Å²) < 4.78 is 2.06. The summed E-state index contributed by atoms with van der Waals surface area (Å²) in [4.78, 5) is 16.4. The number of aliphatic hydroxyl groups excluding tert-OH is 1. The van der Waals surface area contributed by atoms with Gasteiger partial charge in [0, 0.05) is 17.9 Å². The van der Waals surface area contributed by atoms with Crippen molar-refractivity contribution in [3.05, 3.63) is 12.4 Å². The summed E-state index contributed by atoms with van der Waals surface area (Å²) in [5, 5.41) is 13.1. The number of amides is 1. The molecule has 0 aliphatic rings. The van der Waals surface area contributed by atoms with E-state index < -0.39 is 0 Å². The smallest absolute Gasteiger partial charge is 0.230 e. The van der Waals surface area contributed by atoms with Crippen LogP contribution in [0.4, 0.5) is 0 Å². The van der Waals surface area contributed by atoms with Gasteiger partial charge in [-0.3, -0.25) is 4.79 Å². The Bertz CT molecular complexity index is 486. The number of carbonyl (C=O) groups is 1. The van der Waals surface area contributed by atoms with E-state index in [0.29, 0.717) is 5.75 Å². The molecule has 1 aromatic heterocycles. The molecular formula is C16H29N3O2S. The number of hydrogen-bond acceptors (Lipinski definition) is 4. The van der Waals surface area contributed by atoms with Crippen molar-refractivity contribution in [3.63, 3.8) is 0 Å². The number of thioether (sulfide) groups is 1. The van der Waals surface area contributed by atoms with Crippen LogP contribution in [0.15, 0.2) is 17.6 Å². The minimum atomic E-state index is -0.199. The van der Waals surface area contributed by atoms with Crippen LogP contribution in [0, 0.1) is 5.41 Å². The number of rotatable bonds is 6. The van der Waals surface area contributed by atoms with Gasteiger partial charge in [0.25, 0.3) is 0 Å². The van der Waals surface area contributed by atoms with E-state index in [1.54, 1.807) is 6.20 Å². The van der Waals surface area contributed by atoms with Crippen molar-refractivity contribution < 1.29 is 9.90 Å². The molecule has 5 nitrogen and oxygen atoms in total. The molecule has 0 aromatic carbocycles. The number of hydrogen-bond donors (Lipinski definition) is 2. The number of aliphatic hydroxyl groups is 1. The predicted octanol–water partition coefficient (Wildman–Crippen LogP) is 2.64. The third-order valence-electron chi connectivity index (χ3n) is 3.11. The van der Waals surface area contributed by atoms with E-state index in [1.165, 1.54) is 11.8 Å². The van der Waals surface area contributed by atoms with Gasteiger partial charge in [-0.15, -0.1) is 0 Å². The summed E-state index contributed by atoms with van der Waals surface area (Å²) in [5.74, 6) is 0.227. The van der Waals surface area contributed by atoms with Crippen LogP contribution < -0.4 is 5.32 Å². The Morgan fingerprint density at radius 2 is 2.00 bits per heavy atom. The standard InChI is InChI=1S/C16H29N3O2S/c1-15(2,3)9-12(10-20)18-13(21)11-22-14-17-7-8-19(14)16(4,5)6/h7-8,12,20H,9-11H2,1-6H3,(H,18,21). The quantitative estimate of drug-likeness (QED) is 0.788. The number of nitrogens with one attached hydrogen (secondary N) is 1. The molecule has 126 valence electrons. The lowest BCUT2D eigenvalue weighted by molar-refractivity contribution is -0.119. The maximum Gasteiger partial charge on any atom is 0.230 e. The fraction of sp³-hybridized carbons (Fsp3) is 0.750. The highest BCUT2D eigenvalue weighted by molar-refractivity contribution is 7.99. The highest BCUT2D eigenvalue weighted by atomic mass is 32.2. The molecule has 22 heavy (non-hydrogen) atoms. The number of aromatic nitrogens is 2. The van der Waals surface area contributed by atoms with Gasteiger partial charge in [-0.25, -0.2) is 4.98 Å². The molecule has 1 amide bonds. The molecule has 0 spiro atoms. The van der Waals surface area contributed by atoms with Gasteiger partial charge in [0.1, 0.15) is 0 Å². The SMILES string of the molecule is CC(C)(C)CC(CO)NC(=O)CSc1nccn1C(C)(C)C. The van der Waals surface area contributed by atoms with E-state index in [9.17, 15) is 9.90 Å². The molecule has 1 atom stereocenters. The second kappa shape index (κ2) is 7.51. The normalized spacial score (nSPS) is 14.0. The molecule has 6 heteroatoms. The molecule has 0 bridgehead atoms. The Hall–Kier alpha value is -1.01. The van der Waals surface area contributed by atoms with Crippen LogP contribution in [-0.4, -0.2) is 39.0 Å². The van der Waals surface area contributed by atoms with Crippen molar-refractivity contribution in [3.8, 4) is 0 Å². The van der Waals surface area contributed by atoms with Crippen LogP contribution in [0.25, 0.3) is 0 Å². The van der Waals surface area contributed by atoms with E-state index in [2.05, 4.69) is 56.4 Å². The van der Waals surface area contributed by atoms with Gasteiger partial charge < -0.3 is 15.0 Å². The first-order valence-corrected chi connectivity index (χ1v) is 8.58. The largest absolute Gasteiger partial charge is 0.394 e. The monoisotopic (exact) mass is 327 g/mol. The fourth-order valence-corrected chi connectivity index (χ4v) is 3.16. The van der Waals surface area contributed by atoms with Gasteiger partial charge in [0.05, 0.1) is 18.4 Å². The van der Waals surface area contributed by atoms with Crippen LogP contribution in [-0.2, 0) is 10.3 Å².